The van der Waals surface area contributed by atoms with E-state index in [1.165, 1.54) is 17.4 Å². The first-order valence-corrected chi connectivity index (χ1v) is 11.7. The van der Waals surface area contributed by atoms with Gasteiger partial charge in [0.15, 0.2) is 4.34 Å². The van der Waals surface area contributed by atoms with E-state index < -0.39 is 15.9 Å². The van der Waals surface area contributed by atoms with Crippen LogP contribution >= 0.6 is 34.7 Å². The molecule has 0 aliphatic rings. The molecule has 0 spiro atoms. The molecule has 0 aliphatic carbocycles. The Labute approximate surface area is 166 Å². The summed E-state index contributed by atoms with van der Waals surface area (Å²) in [6.45, 7) is 3.50. The van der Waals surface area contributed by atoms with Crippen LogP contribution in [0.4, 0.5) is 10.8 Å². The fourth-order valence-electron chi connectivity index (χ4n) is 1.93. The lowest BCUT2D eigenvalue weighted by Gasteiger charge is -2.22. The molecule has 7 nitrogen and oxygen atoms in total. The van der Waals surface area contributed by atoms with E-state index in [0.717, 1.165) is 32.6 Å². The van der Waals surface area contributed by atoms with E-state index in [1.807, 2.05) is 6.92 Å². The quantitative estimate of drug-likeness (QED) is 0.505. The fourth-order valence-corrected chi connectivity index (χ4v) is 4.65. The molecule has 1 aromatic carbocycles. The lowest BCUT2D eigenvalue weighted by Crippen LogP contribution is -2.37. The number of anilines is 2. The third-order valence-electron chi connectivity index (χ3n) is 3.21. The number of nitrogens with one attached hydrogen (secondary N) is 1. The molecule has 0 radical (unpaired) electrons. The summed E-state index contributed by atoms with van der Waals surface area (Å²) >= 11 is 8.89. The zero-order valence-electron chi connectivity index (χ0n) is 14.5. The summed E-state index contributed by atoms with van der Waals surface area (Å²) in [4.78, 5) is 12.3. The van der Waals surface area contributed by atoms with Crippen LogP contribution in [0.5, 0.6) is 0 Å². The van der Waals surface area contributed by atoms with Crippen molar-refractivity contribution in [1.29, 1.82) is 0 Å². The molecule has 0 atom stereocenters. The molecule has 1 amide bonds. The fraction of sp³-hybridized carbons (Fsp3) is 0.400. The van der Waals surface area contributed by atoms with Crippen LogP contribution in [-0.2, 0) is 14.8 Å². The first-order chi connectivity index (χ1) is 12.2. The second-order valence-electron chi connectivity index (χ2n) is 5.47. The molecule has 0 saturated heterocycles. The Hall–Kier alpha value is -1.36. The molecular formula is C15H19ClN4O3S3. The molecule has 142 valence electrons. The summed E-state index contributed by atoms with van der Waals surface area (Å²) in [5.74, 6) is 0.411. The number of thioether (sulfide) groups is 1. The van der Waals surface area contributed by atoms with E-state index in [0.29, 0.717) is 15.8 Å². The number of hydrogen-bond acceptors (Lipinski definition) is 7. The summed E-state index contributed by atoms with van der Waals surface area (Å²) in [6.07, 6.45) is 2.05. The van der Waals surface area contributed by atoms with E-state index >= 15 is 0 Å². The van der Waals surface area contributed by atoms with Crippen molar-refractivity contribution in [3.8, 4) is 0 Å². The molecule has 1 N–H and O–H groups in total. The Kier molecular flexibility index (Phi) is 7.27. The van der Waals surface area contributed by atoms with Gasteiger partial charge in [0.05, 0.1) is 11.9 Å². The van der Waals surface area contributed by atoms with E-state index in [2.05, 4.69) is 22.4 Å². The maximum Gasteiger partial charge on any atom is 0.246 e. The van der Waals surface area contributed by atoms with Crippen LogP contribution in [0, 0.1) is 6.92 Å². The predicted octanol–water partition coefficient (Wildman–Crippen LogP) is 3.41. The van der Waals surface area contributed by atoms with Gasteiger partial charge in [0.25, 0.3) is 0 Å². The maximum absolute atomic E-state index is 12.3. The van der Waals surface area contributed by atoms with Crippen LogP contribution in [0.15, 0.2) is 22.5 Å². The third kappa shape index (κ3) is 5.83. The Morgan fingerprint density at radius 3 is 2.73 bits per heavy atom. The third-order valence-corrected chi connectivity index (χ3v) is 6.94. The van der Waals surface area contributed by atoms with Crippen molar-refractivity contribution in [2.75, 3.05) is 28.2 Å². The average molecular weight is 435 g/mol. The smallest absolute Gasteiger partial charge is 0.246 e. The molecule has 11 heteroatoms. The minimum Gasteiger partial charge on any atom is -0.299 e. The number of aromatic nitrogens is 2. The van der Waals surface area contributed by atoms with Crippen LogP contribution in [0.25, 0.3) is 0 Å². The van der Waals surface area contributed by atoms with E-state index in [1.54, 1.807) is 23.9 Å². The number of carbonyl (C=O) groups is 1. The molecule has 0 fully saturated rings. The topological polar surface area (TPSA) is 92.3 Å². The van der Waals surface area contributed by atoms with Crippen molar-refractivity contribution in [1.82, 2.24) is 10.2 Å². The van der Waals surface area contributed by atoms with Gasteiger partial charge in [-0.3, -0.25) is 14.4 Å². The molecule has 2 aromatic rings. The second kappa shape index (κ2) is 9.03. The van der Waals surface area contributed by atoms with Crippen LogP contribution in [0.1, 0.15) is 18.9 Å². The predicted molar refractivity (Wildman–Crippen MR) is 108 cm³/mol. The molecule has 1 aromatic heterocycles. The van der Waals surface area contributed by atoms with Gasteiger partial charge in [-0.25, -0.2) is 8.42 Å². The van der Waals surface area contributed by atoms with Gasteiger partial charge >= 0.3 is 0 Å². The number of nitrogens with zero attached hydrogens (tertiary/aromatic N) is 3. The largest absolute Gasteiger partial charge is 0.299 e. The van der Waals surface area contributed by atoms with Gasteiger partial charge in [-0.2, -0.15) is 0 Å². The number of hydrogen-bond donors (Lipinski definition) is 1. The van der Waals surface area contributed by atoms with Gasteiger partial charge < -0.3 is 0 Å². The Bertz CT molecular complexity index is 886. The highest BCUT2D eigenvalue weighted by atomic mass is 35.5. The van der Waals surface area contributed by atoms with E-state index in [-0.39, 0.29) is 6.54 Å². The van der Waals surface area contributed by atoms with Gasteiger partial charge in [-0.15, -0.1) is 10.2 Å². The van der Waals surface area contributed by atoms with E-state index in [4.69, 9.17) is 11.6 Å². The highest BCUT2D eigenvalue weighted by Gasteiger charge is 2.22. The van der Waals surface area contributed by atoms with Gasteiger partial charge in [-0.1, -0.05) is 47.7 Å². The van der Waals surface area contributed by atoms with Gasteiger partial charge in [0, 0.05) is 10.8 Å². The summed E-state index contributed by atoms with van der Waals surface area (Å²) in [7, 11) is -3.66. The summed E-state index contributed by atoms with van der Waals surface area (Å²) < 4.78 is 26.0. The van der Waals surface area contributed by atoms with Crippen molar-refractivity contribution in [2.24, 2.45) is 0 Å². The van der Waals surface area contributed by atoms with Crippen molar-refractivity contribution < 1.29 is 13.2 Å². The van der Waals surface area contributed by atoms with Crippen LogP contribution in [0.2, 0.25) is 5.02 Å². The van der Waals surface area contributed by atoms with Gasteiger partial charge in [0.1, 0.15) is 6.54 Å². The van der Waals surface area contributed by atoms with Crippen LogP contribution in [-0.4, -0.2) is 43.1 Å². The highest BCUT2D eigenvalue weighted by Crippen LogP contribution is 2.27. The highest BCUT2D eigenvalue weighted by molar-refractivity contribution is 8.01. The van der Waals surface area contributed by atoms with Crippen LogP contribution < -0.4 is 9.62 Å². The first-order valence-electron chi connectivity index (χ1n) is 7.70. The van der Waals surface area contributed by atoms with Crippen molar-refractivity contribution in [2.45, 2.75) is 24.6 Å². The number of benzene rings is 1. The second-order valence-corrected chi connectivity index (χ2v) is 10.1. The Morgan fingerprint density at radius 2 is 2.12 bits per heavy atom. The molecular weight excluding hydrogens is 416 g/mol. The zero-order chi connectivity index (χ0) is 19.3. The molecule has 0 saturated carbocycles. The number of halogens is 1. The number of rotatable bonds is 8. The summed E-state index contributed by atoms with van der Waals surface area (Å²) in [5.41, 5.74) is 1.15. The minimum atomic E-state index is -3.66. The molecule has 2 rings (SSSR count). The molecule has 0 aliphatic heterocycles. The van der Waals surface area contributed by atoms with Gasteiger partial charge in [-0.05, 0) is 31.0 Å². The number of amides is 1. The van der Waals surface area contributed by atoms with Gasteiger partial charge in [0.2, 0.25) is 21.1 Å². The number of carbonyl (C=O) groups excluding carboxylic acids is 1. The monoisotopic (exact) mass is 434 g/mol. The number of aryl methyl sites for hydroxylation is 1. The molecule has 0 unspecified atom stereocenters. The summed E-state index contributed by atoms with van der Waals surface area (Å²) in [5, 5.41) is 11.2. The first kappa shape index (κ1) is 20.9. The van der Waals surface area contributed by atoms with Crippen molar-refractivity contribution in [3.05, 3.63) is 28.8 Å². The maximum atomic E-state index is 12.3. The SMILES string of the molecule is CCCSc1nnc(NC(=O)CN(c2ccc(C)c(Cl)c2)S(C)(=O)=O)s1. The standard InChI is InChI=1S/C15H19ClN4O3S3/c1-4-7-24-15-19-18-14(25-15)17-13(21)9-20(26(3,22)23)11-6-5-10(2)12(16)8-11/h5-6,8H,4,7,9H2,1-3H3,(H,17,18,21). The molecule has 1 heterocycles. The summed E-state index contributed by atoms with van der Waals surface area (Å²) in [6, 6.07) is 4.84. The lowest BCUT2D eigenvalue weighted by molar-refractivity contribution is -0.114. The zero-order valence-corrected chi connectivity index (χ0v) is 17.7. The number of sulfonamides is 1. The van der Waals surface area contributed by atoms with Crippen LogP contribution in [0.3, 0.4) is 0 Å². The van der Waals surface area contributed by atoms with E-state index in [9.17, 15) is 13.2 Å². The molecule has 0 bridgehead atoms. The Balaban J connectivity index is 2.12. The molecule has 26 heavy (non-hydrogen) atoms. The van der Waals surface area contributed by atoms with Crippen molar-refractivity contribution in [3.63, 3.8) is 0 Å². The lowest BCUT2D eigenvalue weighted by atomic mass is 10.2. The Morgan fingerprint density at radius 1 is 1.38 bits per heavy atom. The normalized spacial score (nSPS) is 11.4. The van der Waals surface area contributed by atoms with Crippen molar-refractivity contribution >= 4 is 61.4 Å². The minimum absolute atomic E-state index is 0.328. The average Bonchev–Trinajstić information content (AvgIpc) is 2.99.